The topological polar surface area (TPSA) is 41.7 Å². The normalized spacial score (nSPS) is 12.0. The Labute approximate surface area is 83.3 Å². The third-order valence-corrected chi connectivity index (χ3v) is 1.95. The van der Waals surface area contributed by atoms with Crippen LogP contribution in [0.25, 0.3) is 0 Å². The Morgan fingerprint density at radius 1 is 1.43 bits per heavy atom. The third-order valence-electron chi connectivity index (χ3n) is 1.95. The van der Waals surface area contributed by atoms with Gasteiger partial charge in [-0.2, -0.15) is 4.79 Å². The van der Waals surface area contributed by atoms with Crippen molar-refractivity contribution < 1.29 is 14.8 Å². The standard InChI is InChI=1S/C11H13NO2/c1-2-8-12(11(13)14)9-10-6-4-3-5-7-10/h2-7H,1,8-9H2,(H,13,14)/p+1. The number of hydrogen-bond donors (Lipinski definition) is 2. The van der Waals surface area contributed by atoms with Crippen LogP contribution in [0.5, 0.6) is 0 Å². The molecule has 1 amide bonds. The van der Waals surface area contributed by atoms with Crippen LogP contribution in [0.15, 0.2) is 43.0 Å². The molecule has 0 saturated carbocycles. The second-order valence-corrected chi connectivity index (χ2v) is 3.06. The zero-order chi connectivity index (χ0) is 10.4. The summed E-state index contributed by atoms with van der Waals surface area (Å²) in [4.78, 5) is 11.3. The van der Waals surface area contributed by atoms with E-state index in [1.54, 1.807) is 6.08 Å². The van der Waals surface area contributed by atoms with Gasteiger partial charge < -0.3 is 5.11 Å². The van der Waals surface area contributed by atoms with Crippen molar-refractivity contribution in [2.24, 2.45) is 0 Å². The summed E-state index contributed by atoms with van der Waals surface area (Å²) in [5, 5.41) is 8.88. The first-order valence-corrected chi connectivity index (χ1v) is 4.47. The van der Waals surface area contributed by atoms with Crippen molar-refractivity contribution in [3.8, 4) is 0 Å². The van der Waals surface area contributed by atoms with E-state index in [2.05, 4.69) is 6.58 Å². The van der Waals surface area contributed by atoms with Crippen molar-refractivity contribution in [2.75, 3.05) is 6.54 Å². The molecule has 1 aromatic carbocycles. The largest absolute Gasteiger partial charge is 0.512 e. The molecule has 3 heteroatoms. The quantitative estimate of drug-likeness (QED) is 0.697. The minimum Gasteiger partial charge on any atom is -0.435 e. The lowest BCUT2D eigenvalue weighted by molar-refractivity contribution is -0.831. The van der Waals surface area contributed by atoms with Gasteiger partial charge >= 0.3 is 6.09 Å². The summed E-state index contributed by atoms with van der Waals surface area (Å²) in [5.74, 6) is 0. The zero-order valence-corrected chi connectivity index (χ0v) is 7.94. The van der Waals surface area contributed by atoms with E-state index < -0.39 is 6.09 Å². The van der Waals surface area contributed by atoms with E-state index in [1.165, 1.54) is 0 Å². The Hall–Kier alpha value is -1.61. The maximum absolute atomic E-state index is 10.8. The van der Waals surface area contributed by atoms with Crippen LogP contribution >= 0.6 is 0 Å². The van der Waals surface area contributed by atoms with Gasteiger partial charge in [0.15, 0.2) is 0 Å². The fourth-order valence-electron chi connectivity index (χ4n) is 1.25. The predicted molar refractivity (Wildman–Crippen MR) is 54.2 cm³/mol. The lowest BCUT2D eigenvalue weighted by Gasteiger charge is -2.10. The summed E-state index contributed by atoms with van der Waals surface area (Å²) >= 11 is 0. The predicted octanol–water partition coefficient (Wildman–Crippen LogP) is 0.935. The summed E-state index contributed by atoms with van der Waals surface area (Å²) in [7, 11) is 0. The summed E-state index contributed by atoms with van der Waals surface area (Å²) in [5.41, 5.74) is 1.02. The molecular formula is C11H14NO2+. The van der Waals surface area contributed by atoms with Crippen LogP contribution in [0, 0.1) is 0 Å². The Morgan fingerprint density at radius 3 is 2.57 bits per heavy atom. The minimum absolute atomic E-state index is 0.435. The van der Waals surface area contributed by atoms with Crippen molar-refractivity contribution in [3.63, 3.8) is 0 Å². The second kappa shape index (κ2) is 5.19. The number of benzene rings is 1. The molecule has 0 radical (unpaired) electrons. The lowest BCUT2D eigenvalue weighted by atomic mass is 10.2. The summed E-state index contributed by atoms with van der Waals surface area (Å²) in [6.45, 7) is 4.46. The van der Waals surface area contributed by atoms with Crippen LogP contribution in [0.1, 0.15) is 5.56 Å². The van der Waals surface area contributed by atoms with Crippen molar-refractivity contribution in [2.45, 2.75) is 6.54 Å². The number of amides is 1. The van der Waals surface area contributed by atoms with Crippen LogP contribution in [-0.2, 0) is 6.54 Å². The van der Waals surface area contributed by atoms with E-state index in [4.69, 9.17) is 5.11 Å². The smallest absolute Gasteiger partial charge is 0.435 e. The van der Waals surface area contributed by atoms with Crippen LogP contribution in [0.3, 0.4) is 0 Å². The van der Waals surface area contributed by atoms with Crippen LogP contribution < -0.4 is 4.90 Å². The molecule has 74 valence electrons. The summed E-state index contributed by atoms with van der Waals surface area (Å²) < 4.78 is 0. The molecule has 0 fully saturated rings. The molecule has 0 aliphatic heterocycles. The molecule has 1 atom stereocenters. The van der Waals surface area contributed by atoms with Gasteiger partial charge in [-0.25, -0.2) is 4.90 Å². The van der Waals surface area contributed by atoms with Crippen molar-refractivity contribution in [1.29, 1.82) is 0 Å². The average Bonchev–Trinajstić information content (AvgIpc) is 2.18. The molecule has 0 aliphatic carbocycles. The Bertz CT molecular complexity index is 308. The molecule has 1 rings (SSSR count). The first-order valence-electron chi connectivity index (χ1n) is 4.47. The number of nitrogens with one attached hydrogen (secondary N) is 1. The number of carbonyl (C=O) groups is 1. The summed E-state index contributed by atoms with van der Waals surface area (Å²) in [6.07, 6.45) is 0.778. The van der Waals surface area contributed by atoms with E-state index in [0.29, 0.717) is 18.0 Å². The van der Waals surface area contributed by atoms with Gasteiger partial charge in [-0.15, -0.1) is 0 Å². The molecule has 1 aromatic rings. The molecule has 0 spiro atoms. The molecule has 3 nitrogen and oxygen atoms in total. The van der Waals surface area contributed by atoms with Crippen molar-refractivity contribution in [3.05, 3.63) is 48.6 Å². The first-order chi connectivity index (χ1) is 6.74. The molecule has 0 bridgehead atoms. The van der Waals surface area contributed by atoms with Crippen LogP contribution in [0.2, 0.25) is 0 Å². The number of quaternary nitrogens is 1. The summed E-state index contributed by atoms with van der Waals surface area (Å²) in [6, 6.07) is 9.57. The highest BCUT2D eigenvalue weighted by molar-refractivity contribution is 5.53. The van der Waals surface area contributed by atoms with E-state index in [-0.39, 0.29) is 0 Å². The van der Waals surface area contributed by atoms with Gasteiger partial charge in [0.05, 0.1) is 0 Å². The van der Waals surface area contributed by atoms with E-state index in [1.807, 2.05) is 30.3 Å². The van der Waals surface area contributed by atoms with E-state index in [9.17, 15) is 4.79 Å². The van der Waals surface area contributed by atoms with Gasteiger partial charge in [0.1, 0.15) is 13.1 Å². The highest BCUT2D eigenvalue weighted by Crippen LogP contribution is 1.94. The van der Waals surface area contributed by atoms with E-state index in [0.717, 1.165) is 5.56 Å². The van der Waals surface area contributed by atoms with Crippen LogP contribution in [-0.4, -0.2) is 17.7 Å². The first kappa shape index (κ1) is 10.5. The maximum atomic E-state index is 10.8. The van der Waals surface area contributed by atoms with Gasteiger partial charge in [0.2, 0.25) is 0 Å². The highest BCUT2D eigenvalue weighted by atomic mass is 16.4. The molecule has 0 aromatic heterocycles. The van der Waals surface area contributed by atoms with E-state index >= 15 is 0 Å². The number of rotatable bonds is 4. The number of carboxylic acid groups (broad SMARTS) is 1. The molecule has 0 aliphatic rings. The van der Waals surface area contributed by atoms with Gasteiger partial charge in [-0.1, -0.05) is 36.9 Å². The van der Waals surface area contributed by atoms with Gasteiger partial charge in [-0.3, -0.25) is 0 Å². The molecular weight excluding hydrogens is 178 g/mol. The molecule has 1 unspecified atom stereocenters. The second-order valence-electron chi connectivity index (χ2n) is 3.06. The fraction of sp³-hybridized carbons (Fsp3) is 0.182. The number of hydrogen-bond acceptors (Lipinski definition) is 1. The van der Waals surface area contributed by atoms with Gasteiger partial charge in [0.25, 0.3) is 0 Å². The monoisotopic (exact) mass is 192 g/mol. The molecule has 0 heterocycles. The molecule has 14 heavy (non-hydrogen) atoms. The highest BCUT2D eigenvalue weighted by Gasteiger charge is 2.15. The Kier molecular flexibility index (Phi) is 3.88. The molecule has 2 N–H and O–H groups in total. The average molecular weight is 192 g/mol. The maximum Gasteiger partial charge on any atom is 0.512 e. The third kappa shape index (κ3) is 3.03. The molecule has 0 saturated heterocycles. The van der Waals surface area contributed by atoms with Crippen molar-refractivity contribution >= 4 is 6.09 Å². The Morgan fingerprint density at radius 2 is 2.07 bits per heavy atom. The van der Waals surface area contributed by atoms with Gasteiger partial charge in [0, 0.05) is 5.56 Å². The minimum atomic E-state index is -0.839. The van der Waals surface area contributed by atoms with Crippen molar-refractivity contribution in [1.82, 2.24) is 0 Å². The lowest BCUT2D eigenvalue weighted by Crippen LogP contribution is -3.13. The van der Waals surface area contributed by atoms with Crippen LogP contribution in [0.4, 0.5) is 4.79 Å². The zero-order valence-electron chi connectivity index (χ0n) is 7.94. The van der Waals surface area contributed by atoms with Gasteiger partial charge in [-0.05, 0) is 6.08 Å². The Balaban J connectivity index is 2.64. The fourth-order valence-corrected chi connectivity index (χ4v) is 1.25. The SMILES string of the molecule is C=CC[NH+](Cc1ccccc1)C(=O)O.